The maximum atomic E-state index is 5.60. The van der Waals surface area contributed by atoms with Crippen LogP contribution in [0.15, 0.2) is 6.07 Å². The number of rotatable bonds is 6. The van der Waals surface area contributed by atoms with E-state index in [-0.39, 0.29) is 5.41 Å². The molecule has 0 amide bonds. The third kappa shape index (κ3) is 3.84. The van der Waals surface area contributed by atoms with Crippen molar-refractivity contribution in [3.8, 4) is 0 Å². The largest absolute Gasteiger partial charge is 0.356 e. The van der Waals surface area contributed by atoms with Gasteiger partial charge in [0.15, 0.2) is 0 Å². The highest BCUT2D eigenvalue weighted by atomic mass is 15.3. The van der Waals surface area contributed by atoms with Gasteiger partial charge in [0.2, 0.25) is 0 Å². The molecular formula is C16H27N5. The third-order valence-corrected chi connectivity index (χ3v) is 4.21. The fourth-order valence-corrected chi connectivity index (χ4v) is 2.49. The lowest BCUT2D eigenvalue weighted by molar-refractivity contribution is 0.543. The highest BCUT2D eigenvalue weighted by Gasteiger charge is 2.30. The maximum Gasteiger partial charge on any atom is 0.145 e. The number of nitrogens with one attached hydrogen (secondary N) is 1. The molecule has 0 bridgehead atoms. The maximum absolute atomic E-state index is 5.60. The molecule has 0 atom stereocenters. The van der Waals surface area contributed by atoms with Crippen LogP contribution in [0.4, 0.5) is 11.6 Å². The highest BCUT2D eigenvalue weighted by Crippen LogP contribution is 2.36. The minimum atomic E-state index is -0.0769. The van der Waals surface area contributed by atoms with E-state index in [2.05, 4.69) is 36.1 Å². The number of nitrogen functional groups attached to an aromatic ring is 1. The molecule has 0 aromatic carbocycles. The molecule has 2 saturated carbocycles. The zero-order valence-electron chi connectivity index (χ0n) is 13.4. The topological polar surface area (TPSA) is 67.1 Å². The minimum Gasteiger partial charge on any atom is -0.356 e. The van der Waals surface area contributed by atoms with Crippen LogP contribution in [-0.4, -0.2) is 23.1 Å². The summed E-state index contributed by atoms with van der Waals surface area (Å²) in [7, 11) is 0. The molecule has 0 radical (unpaired) electrons. The van der Waals surface area contributed by atoms with Gasteiger partial charge in [0, 0.05) is 24.6 Å². The molecule has 0 spiro atoms. The fraction of sp³-hybridized carbons (Fsp3) is 0.750. The Kier molecular flexibility index (Phi) is 3.78. The molecule has 1 aromatic heterocycles. The van der Waals surface area contributed by atoms with Crippen molar-refractivity contribution >= 4 is 11.6 Å². The SMILES string of the molecule is CC(C)(C)c1nc(NN)cc(N(CC2CC2)CC2CC2)n1. The number of hydrazine groups is 1. The molecule has 0 unspecified atom stereocenters. The number of nitrogens with zero attached hydrogens (tertiary/aromatic N) is 3. The lowest BCUT2D eigenvalue weighted by Crippen LogP contribution is -2.30. The lowest BCUT2D eigenvalue weighted by atomic mass is 9.96. The third-order valence-electron chi connectivity index (χ3n) is 4.21. The van der Waals surface area contributed by atoms with Crippen LogP contribution in [0, 0.1) is 11.8 Å². The van der Waals surface area contributed by atoms with Crippen molar-refractivity contribution < 1.29 is 0 Å². The highest BCUT2D eigenvalue weighted by molar-refractivity contribution is 5.50. The van der Waals surface area contributed by atoms with Crippen LogP contribution in [0.25, 0.3) is 0 Å². The van der Waals surface area contributed by atoms with Crippen molar-refractivity contribution in [3.63, 3.8) is 0 Å². The summed E-state index contributed by atoms with van der Waals surface area (Å²) >= 11 is 0. The van der Waals surface area contributed by atoms with Crippen LogP contribution in [-0.2, 0) is 5.41 Å². The van der Waals surface area contributed by atoms with Gasteiger partial charge in [-0.15, -0.1) is 0 Å². The van der Waals surface area contributed by atoms with Crippen LogP contribution >= 0.6 is 0 Å². The average molecular weight is 289 g/mol. The summed E-state index contributed by atoms with van der Waals surface area (Å²) in [6.07, 6.45) is 5.45. The van der Waals surface area contributed by atoms with Crippen molar-refractivity contribution in [2.24, 2.45) is 17.7 Å². The zero-order valence-corrected chi connectivity index (χ0v) is 13.4. The standard InChI is InChI=1S/C16H27N5/c1-16(2,3)15-18-13(20-17)8-14(19-15)21(9-11-4-5-11)10-12-6-7-12/h8,11-12H,4-7,9-10,17H2,1-3H3,(H,18,19,20). The molecule has 2 fully saturated rings. The summed E-state index contributed by atoms with van der Waals surface area (Å²) in [5.74, 6) is 9.90. The molecule has 3 rings (SSSR count). The first-order valence-corrected chi connectivity index (χ1v) is 8.07. The summed E-state index contributed by atoms with van der Waals surface area (Å²) < 4.78 is 0. The van der Waals surface area contributed by atoms with E-state index in [9.17, 15) is 0 Å². The predicted octanol–water partition coefficient (Wildman–Crippen LogP) is 2.69. The Morgan fingerprint density at radius 3 is 2.14 bits per heavy atom. The number of hydrogen-bond acceptors (Lipinski definition) is 5. The molecule has 0 aliphatic heterocycles. The van der Waals surface area contributed by atoms with Gasteiger partial charge in [0.05, 0.1) is 0 Å². The summed E-state index contributed by atoms with van der Waals surface area (Å²) in [4.78, 5) is 11.8. The predicted molar refractivity (Wildman–Crippen MR) is 86.2 cm³/mol. The first kappa shape index (κ1) is 14.6. The number of nitrogens with two attached hydrogens (primary N) is 1. The van der Waals surface area contributed by atoms with Gasteiger partial charge in [-0.3, -0.25) is 0 Å². The number of aromatic nitrogens is 2. The Hall–Kier alpha value is -1.36. The fourth-order valence-electron chi connectivity index (χ4n) is 2.49. The van der Waals surface area contributed by atoms with E-state index in [4.69, 9.17) is 10.8 Å². The second kappa shape index (κ2) is 5.44. The lowest BCUT2D eigenvalue weighted by Gasteiger charge is -2.26. The summed E-state index contributed by atoms with van der Waals surface area (Å²) in [5.41, 5.74) is 2.62. The van der Waals surface area contributed by atoms with Gasteiger partial charge in [0.25, 0.3) is 0 Å². The molecule has 5 heteroatoms. The molecule has 21 heavy (non-hydrogen) atoms. The molecule has 2 aliphatic carbocycles. The van der Waals surface area contributed by atoms with Gasteiger partial charge in [-0.2, -0.15) is 0 Å². The van der Waals surface area contributed by atoms with E-state index in [0.717, 1.165) is 36.6 Å². The van der Waals surface area contributed by atoms with E-state index >= 15 is 0 Å². The van der Waals surface area contributed by atoms with Gasteiger partial charge >= 0.3 is 0 Å². The second-order valence-electron chi connectivity index (χ2n) is 7.62. The minimum absolute atomic E-state index is 0.0769. The Balaban J connectivity index is 1.88. The van der Waals surface area contributed by atoms with Crippen LogP contribution < -0.4 is 16.2 Å². The van der Waals surface area contributed by atoms with Gasteiger partial charge in [-0.05, 0) is 37.5 Å². The van der Waals surface area contributed by atoms with Gasteiger partial charge < -0.3 is 10.3 Å². The van der Waals surface area contributed by atoms with Crippen molar-refractivity contribution in [1.29, 1.82) is 0 Å². The van der Waals surface area contributed by atoms with E-state index < -0.39 is 0 Å². The molecular weight excluding hydrogens is 262 g/mol. The molecule has 1 heterocycles. The van der Waals surface area contributed by atoms with Crippen LogP contribution in [0.3, 0.4) is 0 Å². The van der Waals surface area contributed by atoms with E-state index in [0.29, 0.717) is 5.82 Å². The van der Waals surface area contributed by atoms with E-state index in [1.54, 1.807) is 0 Å². The van der Waals surface area contributed by atoms with Gasteiger partial charge in [0.1, 0.15) is 17.5 Å². The van der Waals surface area contributed by atoms with Gasteiger partial charge in [-0.25, -0.2) is 15.8 Å². The molecule has 116 valence electrons. The Labute approximate surface area is 127 Å². The monoisotopic (exact) mass is 289 g/mol. The smallest absolute Gasteiger partial charge is 0.145 e. The Morgan fingerprint density at radius 1 is 1.14 bits per heavy atom. The summed E-state index contributed by atoms with van der Waals surface area (Å²) in [5, 5.41) is 0. The zero-order chi connectivity index (χ0) is 15.0. The summed E-state index contributed by atoms with van der Waals surface area (Å²) in [6, 6.07) is 1.99. The normalized spacial score (nSPS) is 18.7. The first-order valence-electron chi connectivity index (χ1n) is 8.07. The van der Waals surface area contributed by atoms with Crippen molar-refractivity contribution in [2.75, 3.05) is 23.4 Å². The second-order valence-corrected chi connectivity index (χ2v) is 7.62. The molecule has 5 nitrogen and oxygen atoms in total. The number of anilines is 2. The first-order chi connectivity index (χ1) is 9.95. The van der Waals surface area contributed by atoms with E-state index in [1.165, 1.54) is 25.7 Å². The van der Waals surface area contributed by atoms with Gasteiger partial charge in [-0.1, -0.05) is 20.8 Å². The number of hydrogen-bond donors (Lipinski definition) is 2. The molecule has 1 aromatic rings. The molecule has 3 N–H and O–H groups in total. The van der Waals surface area contributed by atoms with Crippen LogP contribution in [0.5, 0.6) is 0 Å². The Morgan fingerprint density at radius 2 is 1.71 bits per heavy atom. The summed E-state index contributed by atoms with van der Waals surface area (Å²) in [6.45, 7) is 8.66. The quantitative estimate of drug-likeness (QED) is 0.622. The van der Waals surface area contributed by atoms with Crippen molar-refractivity contribution in [3.05, 3.63) is 11.9 Å². The molecule has 2 aliphatic rings. The van der Waals surface area contributed by atoms with Crippen LogP contribution in [0.1, 0.15) is 52.3 Å². The van der Waals surface area contributed by atoms with Crippen molar-refractivity contribution in [2.45, 2.75) is 51.9 Å². The van der Waals surface area contributed by atoms with E-state index in [1.807, 2.05) is 6.07 Å². The average Bonchev–Trinajstić information content (AvgIpc) is 3.31. The van der Waals surface area contributed by atoms with Crippen LogP contribution in [0.2, 0.25) is 0 Å². The van der Waals surface area contributed by atoms with Crippen molar-refractivity contribution in [1.82, 2.24) is 9.97 Å². The Bertz CT molecular complexity index is 486. The molecule has 0 saturated heterocycles.